The van der Waals surface area contributed by atoms with Crippen molar-refractivity contribution in [3.05, 3.63) is 21.9 Å². The van der Waals surface area contributed by atoms with Crippen molar-refractivity contribution in [1.29, 1.82) is 0 Å². The molecule has 1 aromatic heterocycles. The van der Waals surface area contributed by atoms with Gasteiger partial charge in [-0.15, -0.1) is 11.3 Å². The summed E-state index contributed by atoms with van der Waals surface area (Å²) in [4.78, 5) is 14.3. The first-order chi connectivity index (χ1) is 7.25. The maximum atomic E-state index is 11.1. The molecule has 0 aliphatic carbocycles. The highest BCUT2D eigenvalue weighted by Gasteiger charge is 2.12. The Morgan fingerprint density at radius 2 is 2.27 bits per heavy atom. The lowest BCUT2D eigenvalue weighted by Gasteiger charge is -2.26. The van der Waals surface area contributed by atoms with Crippen molar-refractivity contribution in [2.24, 2.45) is 0 Å². The molecule has 82 valence electrons. The Labute approximate surface area is 93.7 Å². The monoisotopic (exact) mass is 225 g/mol. The summed E-state index contributed by atoms with van der Waals surface area (Å²) in [7, 11) is 0. The minimum atomic E-state index is 0.160. The number of ether oxygens (including phenoxy) is 1. The quantitative estimate of drug-likeness (QED) is 0.734. The second-order valence-electron chi connectivity index (χ2n) is 3.76. The molecular formula is C11H15NO2S. The Hall–Kier alpha value is -0.710. The molecule has 3 nitrogen and oxygen atoms in total. The number of carbonyl (C=O) groups is 1. The highest BCUT2D eigenvalue weighted by Crippen LogP contribution is 2.17. The molecule has 0 amide bonds. The van der Waals surface area contributed by atoms with Crippen LogP contribution in [0.1, 0.15) is 22.2 Å². The standard InChI is InChI=1S/C11H15NO2S/c1-9(13)11-6-10(8-15-11)7-12-2-4-14-5-3-12/h6,8H,2-5,7H2,1H3. The van der Waals surface area contributed by atoms with Crippen LogP contribution in [0.4, 0.5) is 0 Å². The van der Waals surface area contributed by atoms with Crippen molar-refractivity contribution in [3.63, 3.8) is 0 Å². The predicted octanol–water partition coefficient (Wildman–Crippen LogP) is 1.78. The Kier molecular flexibility index (Phi) is 3.51. The average molecular weight is 225 g/mol. The van der Waals surface area contributed by atoms with E-state index in [0.29, 0.717) is 0 Å². The largest absolute Gasteiger partial charge is 0.379 e. The summed E-state index contributed by atoms with van der Waals surface area (Å²) >= 11 is 1.54. The third-order valence-electron chi connectivity index (χ3n) is 2.51. The van der Waals surface area contributed by atoms with Crippen LogP contribution in [0.15, 0.2) is 11.4 Å². The number of Topliss-reactive ketones (excluding diaryl/α,β-unsaturated/α-hetero) is 1. The molecule has 15 heavy (non-hydrogen) atoms. The Bertz CT molecular complexity index is 342. The molecule has 0 bridgehead atoms. The van der Waals surface area contributed by atoms with Crippen LogP contribution in [0.25, 0.3) is 0 Å². The topological polar surface area (TPSA) is 29.5 Å². The Balaban J connectivity index is 1.94. The van der Waals surface area contributed by atoms with Crippen molar-refractivity contribution >= 4 is 17.1 Å². The molecule has 0 saturated carbocycles. The maximum absolute atomic E-state index is 11.1. The molecule has 1 aliphatic rings. The molecule has 2 heterocycles. The van der Waals surface area contributed by atoms with E-state index in [1.165, 1.54) is 16.9 Å². The number of hydrogen-bond acceptors (Lipinski definition) is 4. The van der Waals surface area contributed by atoms with Gasteiger partial charge < -0.3 is 4.74 Å². The van der Waals surface area contributed by atoms with E-state index in [0.717, 1.165) is 37.7 Å². The number of carbonyl (C=O) groups excluding carboxylic acids is 1. The summed E-state index contributed by atoms with van der Waals surface area (Å²) in [6.45, 7) is 6.18. The smallest absolute Gasteiger partial charge is 0.169 e. The predicted molar refractivity (Wildman–Crippen MR) is 60.4 cm³/mol. The van der Waals surface area contributed by atoms with E-state index in [9.17, 15) is 4.79 Å². The number of nitrogens with zero attached hydrogens (tertiary/aromatic N) is 1. The van der Waals surface area contributed by atoms with E-state index in [-0.39, 0.29) is 5.78 Å². The van der Waals surface area contributed by atoms with Gasteiger partial charge in [-0.05, 0) is 23.9 Å². The van der Waals surface area contributed by atoms with Gasteiger partial charge in [0.05, 0.1) is 18.1 Å². The molecule has 0 aromatic carbocycles. The summed E-state index contributed by atoms with van der Waals surface area (Å²) in [5, 5.41) is 2.08. The van der Waals surface area contributed by atoms with E-state index < -0.39 is 0 Å². The second-order valence-corrected chi connectivity index (χ2v) is 4.68. The van der Waals surface area contributed by atoms with Gasteiger partial charge in [-0.25, -0.2) is 0 Å². The number of hydrogen-bond donors (Lipinski definition) is 0. The van der Waals surface area contributed by atoms with E-state index in [4.69, 9.17) is 4.74 Å². The van der Waals surface area contributed by atoms with Gasteiger partial charge in [0.15, 0.2) is 5.78 Å². The summed E-state index contributed by atoms with van der Waals surface area (Å²) in [6.07, 6.45) is 0. The number of morpholine rings is 1. The molecule has 1 saturated heterocycles. The molecule has 0 spiro atoms. The average Bonchev–Trinajstić information content (AvgIpc) is 2.68. The van der Waals surface area contributed by atoms with Gasteiger partial charge in [0.1, 0.15) is 0 Å². The fourth-order valence-electron chi connectivity index (χ4n) is 1.66. The number of thiophene rings is 1. The first kappa shape index (κ1) is 10.8. The molecule has 2 rings (SSSR count). The van der Waals surface area contributed by atoms with Crippen molar-refractivity contribution in [2.45, 2.75) is 13.5 Å². The van der Waals surface area contributed by atoms with Gasteiger partial charge in [-0.3, -0.25) is 9.69 Å². The summed E-state index contributed by atoms with van der Waals surface area (Å²) in [5.41, 5.74) is 1.24. The molecule has 0 unspecified atom stereocenters. The van der Waals surface area contributed by atoms with Crippen LogP contribution in [-0.2, 0) is 11.3 Å². The zero-order chi connectivity index (χ0) is 10.7. The first-order valence-electron chi connectivity index (χ1n) is 5.14. The lowest BCUT2D eigenvalue weighted by Crippen LogP contribution is -2.35. The molecule has 0 atom stereocenters. The van der Waals surface area contributed by atoms with E-state index >= 15 is 0 Å². The third kappa shape index (κ3) is 2.87. The SMILES string of the molecule is CC(=O)c1cc(CN2CCOCC2)cs1. The lowest BCUT2D eigenvalue weighted by molar-refractivity contribution is 0.0342. The minimum Gasteiger partial charge on any atom is -0.379 e. The van der Waals surface area contributed by atoms with Crippen molar-refractivity contribution in [2.75, 3.05) is 26.3 Å². The summed E-state index contributed by atoms with van der Waals surface area (Å²) in [5.74, 6) is 0.160. The van der Waals surface area contributed by atoms with Crippen molar-refractivity contribution in [3.8, 4) is 0 Å². The van der Waals surface area contributed by atoms with Gasteiger partial charge in [0, 0.05) is 19.6 Å². The lowest BCUT2D eigenvalue weighted by atomic mass is 10.2. The number of ketones is 1. The van der Waals surface area contributed by atoms with Crippen LogP contribution >= 0.6 is 11.3 Å². The summed E-state index contributed by atoms with van der Waals surface area (Å²) in [6, 6.07) is 2.00. The maximum Gasteiger partial charge on any atom is 0.169 e. The normalized spacial score (nSPS) is 17.9. The highest BCUT2D eigenvalue weighted by molar-refractivity contribution is 7.12. The first-order valence-corrected chi connectivity index (χ1v) is 6.02. The van der Waals surface area contributed by atoms with Gasteiger partial charge in [-0.1, -0.05) is 0 Å². The van der Waals surface area contributed by atoms with Crippen molar-refractivity contribution in [1.82, 2.24) is 4.90 Å². The highest BCUT2D eigenvalue weighted by atomic mass is 32.1. The van der Waals surface area contributed by atoms with Gasteiger partial charge in [0.25, 0.3) is 0 Å². The van der Waals surface area contributed by atoms with Gasteiger partial charge in [-0.2, -0.15) is 0 Å². The molecule has 4 heteroatoms. The van der Waals surface area contributed by atoms with Crippen LogP contribution < -0.4 is 0 Å². The Morgan fingerprint density at radius 1 is 1.53 bits per heavy atom. The minimum absolute atomic E-state index is 0.160. The van der Waals surface area contributed by atoms with Crippen LogP contribution in [0.3, 0.4) is 0 Å². The zero-order valence-electron chi connectivity index (χ0n) is 8.86. The van der Waals surface area contributed by atoms with Gasteiger partial charge >= 0.3 is 0 Å². The van der Waals surface area contributed by atoms with Crippen molar-refractivity contribution < 1.29 is 9.53 Å². The molecular weight excluding hydrogens is 210 g/mol. The molecule has 1 fully saturated rings. The van der Waals surface area contributed by atoms with E-state index in [1.807, 2.05) is 6.07 Å². The van der Waals surface area contributed by atoms with E-state index in [1.54, 1.807) is 6.92 Å². The fourth-order valence-corrected chi connectivity index (χ4v) is 2.47. The second kappa shape index (κ2) is 4.88. The van der Waals surface area contributed by atoms with Crippen LogP contribution in [0.2, 0.25) is 0 Å². The molecule has 1 aliphatic heterocycles. The summed E-state index contributed by atoms with van der Waals surface area (Å²) < 4.78 is 5.29. The Morgan fingerprint density at radius 3 is 2.87 bits per heavy atom. The van der Waals surface area contributed by atoms with Crippen LogP contribution in [0.5, 0.6) is 0 Å². The molecule has 1 aromatic rings. The fraction of sp³-hybridized carbons (Fsp3) is 0.545. The van der Waals surface area contributed by atoms with Crippen LogP contribution in [-0.4, -0.2) is 37.0 Å². The molecule has 0 radical (unpaired) electrons. The van der Waals surface area contributed by atoms with Crippen LogP contribution in [0, 0.1) is 0 Å². The van der Waals surface area contributed by atoms with E-state index in [2.05, 4.69) is 10.3 Å². The molecule has 0 N–H and O–H groups in total. The zero-order valence-corrected chi connectivity index (χ0v) is 9.68. The third-order valence-corrected chi connectivity index (χ3v) is 3.59. The van der Waals surface area contributed by atoms with Gasteiger partial charge in [0.2, 0.25) is 0 Å². The number of rotatable bonds is 3.